The fraction of sp³-hybridized carbons (Fsp3) is 0.538. The van der Waals surface area contributed by atoms with Gasteiger partial charge in [0.2, 0.25) is 0 Å². The van der Waals surface area contributed by atoms with Crippen LogP contribution in [-0.4, -0.2) is 13.1 Å². The summed E-state index contributed by atoms with van der Waals surface area (Å²) in [5, 5.41) is 3.41. The summed E-state index contributed by atoms with van der Waals surface area (Å²) in [7, 11) is 0. The number of rotatable bonds is 2. The standard InChI is InChI=1S/C13H19N.ClH/c1-11-3-2-4-13(9-11)10-12-5-7-14-8-6-12;/h2-4,9,12,14H,5-8,10H2,1H3;1H. The maximum atomic E-state index is 3.41. The fourth-order valence-corrected chi connectivity index (χ4v) is 2.26. The van der Waals surface area contributed by atoms with E-state index in [1.54, 1.807) is 0 Å². The van der Waals surface area contributed by atoms with E-state index in [9.17, 15) is 0 Å². The van der Waals surface area contributed by atoms with E-state index in [0.29, 0.717) is 0 Å². The lowest BCUT2D eigenvalue weighted by molar-refractivity contribution is 0.372. The van der Waals surface area contributed by atoms with Crippen LogP contribution in [0.3, 0.4) is 0 Å². The minimum Gasteiger partial charge on any atom is -0.317 e. The quantitative estimate of drug-likeness (QED) is 0.816. The van der Waals surface area contributed by atoms with E-state index in [2.05, 4.69) is 36.5 Å². The van der Waals surface area contributed by atoms with Crippen LogP contribution in [0.15, 0.2) is 24.3 Å². The topological polar surface area (TPSA) is 12.0 Å². The lowest BCUT2D eigenvalue weighted by Gasteiger charge is -2.22. The van der Waals surface area contributed by atoms with E-state index < -0.39 is 0 Å². The van der Waals surface area contributed by atoms with E-state index in [1.807, 2.05) is 0 Å². The van der Waals surface area contributed by atoms with E-state index in [-0.39, 0.29) is 12.4 Å². The molecule has 0 aromatic heterocycles. The fourth-order valence-electron chi connectivity index (χ4n) is 2.26. The zero-order chi connectivity index (χ0) is 9.80. The van der Waals surface area contributed by atoms with Gasteiger partial charge >= 0.3 is 0 Å². The number of benzene rings is 1. The Bertz CT molecular complexity index is 292. The zero-order valence-corrected chi connectivity index (χ0v) is 10.1. The minimum atomic E-state index is 0. The number of nitrogens with one attached hydrogen (secondary N) is 1. The molecule has 1 fully saturated rings. The summed E-state index contributed by atoms with van der Waals surface area (Å²) >= 11 is 0. The van der Waals surface area contributed by atoms with Crippen LogP contribution in [0.25, 0.3) is 0 Å². The average molecular weight is 226 g/mol. The van der Waals surface area contributed by atoms with Crippen LogP contribution in [0.4, 0.5) is 0 Å². The van der Waals surface area contributed by atoms with Crippen molar-refractivity contribution in [1.29, 1.82) is 0 Å². The van der Waals surface area contributed by atoms with Gasteiger partial charge in [-0.25, -0.2) is 0 Å². The summed E-state index contributed by atoms with van der Waals surface area (Å²) in [6.07, 6.45) is 3.95. The van der Waals surface area contributed by atoms with Crippen molar-refractivity contribution in [1.82, 2.24) is 5.32 Å². The smallest absolute Gasteiger partial charge is 0.00462 e. The summed E-state index contributed by atoms with van der Waals surface area (Å²) in [6, 6.07) is 8.93. The molecule has 1 saturated heterocycles. The Morgan fingerprint density at radius 2 is 2.00 bits per heavy atom. The van der Waals surface area contributed by atoms with Crippen LogP contribution < -0.4 is 5.32 Å². The van der Waals surface area contributed by atoms with Crippen LogP contribution in [-0.2, 0) is 6.42 Å². The van der Waals surface area contributed by atoms with Crippen molar-refractivity contribution in [2.45, 2.75) is 26.2 Å². The Labute approximate surface area is 98.7 Å². The van der Waals surface area contributed by atoms with Gasteiger partial charge in [0.15, 0.2) is 0 Å². The molecule has 1 aliphatic rings. The predicted octanol–water partition coefficient (Wildman–Crippen LogP) is 2.96. The lowest BCUT2D eigenvalue weighted by Crippen LogP contribution is -2.28. The van der Waals surface area contributed by atoms with Gasteiger partial charge < -0.3 is 5.32 Å². The molecule has 1 aromatic carbocycles. The molecule has 2 rings (SSSR count). The molecule has 0 amide bonds. The van der Waals surface area contributed by atoms with Crippen molar-refractivity contribution >= 4 is 12.4 Å². The maximum Gasteiger partial charge on any atom is -0.00462 e. The Morgan fingerprint density at radius 1 is 1.27 bits per heavy atom. The van der Waals surface area contributed by atoms with Gasteiger partial charge in [-0.05, 0) is 50.8 Å². The van der Waals surface area contributed by atoms with Crippen molar-refractivity contribution in [2.24, 2.45) is 5.92 Å². The summed E-state index contributed by atoms with van der Waals surface area (Å²) in [6.45, 7) is 4.58. The summed E-state index contributed by atoms with van der Waals surface area (Å²) in [5.74, 6) is 0.901. The van der Waals surface area contributed by atoms with Crippen molar-refractivity contribution in [3.05, 3.63) is 35.4 Å². The maximum absolute atomic E-state index is 3.41. The van der Waals surface area contributed by atoms with Gasteiger partial charge in [0.05, 0.1) is 0 Å². The molecule has 1 aromatic rings. The molecule has 0 atom stereocenters. The normalized spacial score (nSPS) is 17.1. The van der Waals surface area contributed by atoms with Gasteiger partial charge in [-0.2, -0.15) is 0 Å². The van der Waals surface area contributed by atoms with Gasteiger partial charge in [0.25, 0.3) is 0 Å². The molecule has 84 valence electrons. The van der Waals surface area contributed by atoms with Crippen molar-refractivity contribution in [3.8, 4) is 0 Å². The molecule has 0 saturated carbocycles. The first-order valence-electron chi connectivity index (χ1n) is 5.61. The number of hydrogen-bond donors (Lipinski definition) is 1. The molecule has 0 bridgehead atoms. The first-order valence-corrected chi connectivity index (χ1v) is 5.61. The second-order valence-corrected chi connectivity index (χ2v) is 4.39. The largest absolute Gasteiger partial charge is 0.317 e. The van der Waals surface area contributed by atoms with E-state index in [0.717, 1.165) is 5.92 Å². The second-order valence-electron chi connectivity index (χ2n) is 4.39. The highest BCUT2D eigenvalue weighted by Gasteiger charge is 2.12. The molecule has 15 heavy (non-hydrogen) atoms. The van der Waals surface area contributed by atoms with Gasteiger partial charge in [-0.1, -0.05) is 29.8 Å². The second kappa shape index (κ2) is 6.14. The highest BCUT2D eigenvalue weighted by atomic mass is 35.5. The molecule has 0 radical (unpaired) electrons. The predicted molar refractivity (Wildman–Crippen MR) is 67.7 cm³/mol. The van der Waals surface area contributed by atoms with Crippen molar-refractivity contribution in [3.63, 3.8) is 0 Å². The summed E-state index contributed by atoms with van der Waals surface area (Å²) < 4.78 is 0. The Morgan fingerprint density at radius 3 is 2.67 bits per heavy atom. The molecule has 0 aliphatic carbocycles. The minimum absolute atomic E-state index is 0. The monoisotopic (exact) mass is 225 g/mol. The molecule has 1 N–H and O–H groups in total. The Balaban J connectivity index is 0.00000112. The summed E-state index contributed by atoms with van der Waals surface area (Å²) in [5.41, 5.74) is 2.90. The molecular weight excluding hydrogens is 206 g/mol. The Hall–Kier alpha value is -0.530. The molecule has 0 unspecified atom stereocenters. The summed E-state index contributed by atoms with van der Waals surface area (Å²) in [4.78, 5) is 0. The molecule has 0 spiro atoms. The first-order chi connectivity index (χ1) is 6.84. The van der Waals surface area contributed by atoms with Crippen LogP contribution >= 0.6 is 12.4 Å². The van der Waals surface area contributed by atoms with E-state index in [1.165, 1.54) is 43.5 Å². The zero-order valence-electron chi connectivity index (χ0n) is 9.33. The highest BCUT2D eigenvalue weighted by Crippen LogP contribution is 2.18. The van der Waals surface area contributed by atoms with E-state index >= 15 is 0 Å². The van der Waals surface area contributed by atoms with Crippen LogP contribution in [0, 0.1) is 12.8 Å². The van der Waals surface area contributed by atoms with Crippen LogP contribution in [0.1, 0.15) is 24.0 Å². The third-order valence-electron chi connectivity index (χ3n) is 3.07. The van der Waals surface area contributed by atoms with Gasteiger partial charge in [-0.3, -0.25) is 0 Å². The van der Waals surface area contributed by atoms with Gasteiger partial charge in [0, 0.05) is 0 Å². The Kier molecular flexibility index (Phi) is 5.13. The third kappa shape index (κ3) is 3.84. The van der Waals surface area contributed by atoms with Crippen LogP contribution in [0.2, 0.25) is 0 Å². The number of hydrogen-bond acceptors (Lipinski definition) is 1. The molecular formula is C13H20ClN. The van der Waals surface area contributed by atoms with Gasteiger partial charge in [-0.15, -0.1) is 12.4 Å². The highest BCUT2D eigenvalue weighted by molar-refractivity contribution is 5.85. The van der Waals surface area contributed by atoms with E-state index in [4.69, 9.17) is 0 Å². The lowest BCUT2D eigenvalue weighted by atomic mass is 9.90. The third-order valence-corrected chi connectivity index (χ3v) is 3.07. The molecule has 1 heterocycles. The van der Waals surface area contributed by atoms with Gasteiger partial charge in [0.1, 0.15) is 0 Å². The van der Waals surface area contributed by atoms with Crippen LogP contribution in [0.5, 0.6) is 0 Å². The first kappa shape index (κ1) is 12.5. The molecule has 1 nitrogen and oxygen atoms in total. The van der Waals surface area contributed by atoms with Crippen molar-refractivity contribution < 1.29 is 0 Å². The average Bonchev–Trinajstić information content (AvgIpc) is 2.19. The van der Waals surface area contributed by atoms with Crippen molar-refractivity contribution in [2.75, 3.05) is 13.1 Å². The number of aryl methyl sites for hydroxylation is 1. The SMILES string of the molecule is Cc1cccc(CC2CCNCC2)c1.Cl. The number of halogens is 1. The number of piperidine rings is 1. The molecule has 1 aliphatic heterocycles. The molecule has 2 heteroatoms.